The fraction of sp³-hybridized carbons (Fsp3) is 0.556. The van der Waals surface area contributed by atoms with Crippen molar-refractivity contribution in [2.24, 2.45) is 0 Å². The second-order valence-electron chi connectivity index (χ2n) is 7.15. The van der Waals surface area contributed by atoms with E-state index in [-0.39, 0.29) is 18.1 Å². The summed E-state index contributed by atoms with van der Waals surface area (Å²) >= 11 is 0. The normalized spacial score (nSPS) is 25.6. The van der Waals surface area contributed by atoms with Crippen molar-refractivity contribution in [2.75, 3.05) is 14.2 Å². The second-order valence-corrected chi connectivity index (χ2v) is 8.99. The topological polar surface area (TPSA) is 86.5 Å². The fourth-order valence-electron chi connectivity index (χ4n) is 4.30. The van der Waals surface area contributed by atoms with Crippen molar-refractivity contribution in [1.29, 1.82) is 0 Å². The van der Waals surface area contributed by atoms with Crippen LogP contribution < -0.4 is 4.74 Å². The molecule has 4 rings (SSSR count). The molecule has 2 aromatic rings. The number of methoxy groups -OCH3 is 2. The minimum Gasteiger partial charge on any atom is -0.497 e. The minimum absolute atomic E-state index is 0.0139. The van der Waals surface area contributed by atoms with Crippen LogP contribution >= 0.6 is 0 Å². The average molecular weight is 392 g/mol. The van der Waals surface area contributed by atoms with Crippen LogP contribution in [0.4, 0.5) is 0 Å². The van der Waals surface area contributed by atoms with Gasteiger partial charge in [0, 0.05) is 25.3 Å². The van der Waals surface area contributed by atoms with Gasteiger partial charge in [0.25, 0.3) is 0 Å². The Kier molecular flexibility index (Phi) is 4.92. The van der Waals surface area contributed by atoms with E-state index in [1.807, 2.05) is 10.9 Å². The van der Waals surface area contributed by atoms with E-state index in [9.17, 15) is 8.42 Å². The Labute approximate surface area is 159 Å². The Morgan fingerprint density at radius 2 is 1.89 bits per heavy atom. The number of hydrogen-bond donors (Lipinski definition) is 0. The molecule has 8 nitrogen and oxygen atoms in total. The smallest absolute Gasteiger partial charge is 0.243 e. The number of hydrogen-bond acceptors (Lipinski definition) is 6. The maximum Gasteiger partial charge on any atom is 0.243 e. The molecule has 0 radical (unpaired) electrons. The van der Waals surface area contributed by atoms with E-state index < -0.39 is 10.0 Å². The van der Waals surface area contributed by atoms with Crippen molar-refractivity contribution < 1.29 is 17.9 Å². The third kappa shape index (κ3) is 3.35. The van der Waals surface area contributed by atoms with Crippen LogP contribution in [0.15, 0.2) is 35.4 Å². The molecule has 0 amide bonds. The predicted octanol–water partition coefficient (Wildman–Crippen LogP) is 1.99. The molecule has 0 aliphatic carbocycles. The minimum atomic E-state index is -3.55. The van der Waals surface area contributed by atoms with Gasteiger partial charge < -0.3 is 9.47 Å². The Bertz CT molecular complexity index is 900. The molecule has 2 atom stereocenters. The number of nitrogens with zero attached hydrogens (tertiary/aromatic N) is 4. The molecule has 9 heteroatoms. The summed E-state index contributed by atoms with van der Waals surface area (Å²) in [7, 11) is -0.387. The highest BCUT2D eigenvalue weighted by molar-refractivity contribution is 7.89. The molecule has 2 aliphatic heterocycles. The van der Waals surface area contributed by atoms with Gasteiger partial charge >= 0.3 is 0 Å². The maximum atomic E-state index is 13.3. The number of piperidine rings is 1. The first kappa shape index (κ1) is 18.4. The van der Waals surface area contributed by atoms with Crippen LogP contribution in [0.5, 0.6) is 5.75 Å². The SMILES string of the molecule is COCc1cn(C2CC3CCC(C2)N3S(=O)(=O)c2cccc(OC)c2)nn1. The first-order valence-corrected chi connectivity index (χ1v) is 10.5. The highest BCUT2D eigenvalue weighted by Gasteiger charge is 2.47. The zero-order valence-electron chi connectivity index (χ0n) is 15.5. The number of sulfonamides is 1. The van der Waals surface area contributed by atoms with Gasteiger partial charge in [-0.2, -0.15) is 4.31 Å². The summed E-state index contributed by atoms with van der Waals surface area (Å²) in [4.78, 5) is 0.292. The van der Waals surface area contributed by atoms with E-state index in [1.54, 1.807) is 35.7 Å². The van der Waals surface area contributed by atoms with Gasteiger partial charge in [-0.3, -0.25) is 0 Å². The molecular weight excluding hydrogens is 368 g/mol. The van der Waals surface area contributed by atoms with E-state index in [2.05, 4.69) is 10.3 Å². The van der Waals surface area contributed by atoms with E-state index in [1.165, 1.54) is 7.11 Å². The molecule has 2 fully saturated rings. The summed E-state index contributed by atoms with van der Waals surface area (Å²) in [6.45, 7) is 0.427. The van der Waals surface area contributed by atoms with Crippen LogP contribution in [0.25, 0.3) is 0 Å². The molecule has 2 unspecified atom stereocenters. The number of aromatic nitrogens is 3. The van der Waals surface area contributed by atoms with Crippen LogP contribution in [0.3, 0.4) is 0 Å². The Morgan fingerprint density at radius 3 is 2.56 bits per heavy atom. The quantitative estimate of drug-likeness (QED) is 0.747. The zero-order chi connectivity index (χ0) is 19.0. The van der Waals surface area contributed by atoms with Crippen LogP contribution in [-0.4, -0.2) is 54.0 Å². The molecule has 0 N–H and O–H groups in total. The van der Waals surface area contributed by atoms with E-state index in [0.717, 1.165) is 31.4 Å². The van der Waals surface area contributed by atoms with Gasteiger partial charge in [-0.15, -0.1) is 5.10 Å². The lowest BCUT2D eigenvalue weighted by atomic mass is 10.00. The maximum absolute atomic E-state index is 13.3. The van der Waals surface area contributed by atoms with Crippen LogP contribution in [-0.2, 0) is 21.4 Å². The Hall–Kier alpha value is -1.97. The number of rotatable bonds is 6. The first-order valence-electron chi connectivity index (χ1n) is 9.10. The first-order chi connectivity index (χ1) is 13.0. The summed E-state index contributed by atoms with van der Waals surface area (Å²) in [5.41, 5.74) is 0.788. The second kappa shape index (κ2) is 7.21. The summed E-state index contributed by atoms with van der Waals surface area (Å²) in [6.07, 6.45) is 5.15. The lowest BCUT2D eigenvalue weighted by molar-refractivity contribution is 0.180. The van der Waals surface area contributed by atoms with Crippen molar-refractivity contribution in [2.45, 2.75) is 55.3 Å². The fourth-order valence-corrected chi connectivity index (χ4v) is 6.23. The van der Waals surface area contributed by atoms with Gasteiger partial charge in [-0.25, -0.2) is 13.1 Å². The molecule has 27 heavy (non-hydrogen) atoms. The Balaban J connectivity index is 1.56. The van der Waals surface area contributed by atoms with Crippen molar-refractivity contribution in [3.63, 3.8) is 0 Å². The highest BCUT2D eigenvalue weighted by Crippen LogP contribution is 2.43. The molecule has 1 aromatic carbocycles. The highest BCUT2D eigenvalue weighted by atomic mass is 32.2. The molecule has 2 saturated heterocycles. The van der Waals surface area contributed by atoms with Crippen LogP contribution in [0, 0.1) is 0 Å². The molecule has 0 saturated carbocycles. The third-order valence-electron chi connectivity index (χ3n) is 5.48. The van der Waals surface area contributed by atoms with Gasteiger partial charge in [-0.05, 0) is 37.8 Å². The summed E-state index contributed by atoms with van der Waals surface area (Å²) in [6, 6.07) is 6.83. The number of ether oxygens (including phenoxy) is 2. The lowest BCUT2D eigenvalue weighted by Crippen LogP contribution is -2.46. The van der Waals surface area contributed by atoms with Gasteiger partial charge in [0.15, 0.2) is 0 Å². The molecule has 1 aromatic heterocycles. The Morgan fingerprint density at radius 1 is 1.15 bits per heavy atom. The van der Waals surface area contributed by atoms with Crippen molar-refractivity contribution in [3.05, 3.63) is 36.2 Å². The van der Waals surface area contributed by atoms with Crippen LogP contribution in [0.2, 0.25) is 0 Å². The average Bonchev–Trinajstić information content (AvgIpc) is 3.25. The summed E-state index contributed by atoms with van der Waals surface area (Å²) in [5, 5.41) is 8.35. The lowest BCUT2D eigenvalue weighted by Gasteiger charge is -2.37. The molecule has 0 spiro atoms. The van der Waals surface area contributed by atoms with Crippen LogP contribution in [0.1, 0.15) is 37.4 Å². The standard InChI is InChI=1S/C18H24N4O4S/c1-25-12-13-11-21(20-19-13)16-8-14-6-7-15(9-16)22(14)27(23,24)18-5-3-4-17(10-18)26-2/h3-5,10-11,14-16H,6-9,12H2,1-2H3. The molecule has 146 valence electrons. The summed E-state index contributed by atoms with van der Waals surface area (Å²) in [5.74, 6) is 0.548. The van der Waals surface area contributed by atoms with Crippen molar-refractivity contribution >= 4 is 10.0 Å². The molecule has 2 aliphatic rings. The summed E-state index contributed by atoms with van der Waals surface area (Å²) < 4.78 is 40.4. The largest absolute Gasteiger partial charge is 0.497 e. The molecular formula is C18H24N4O4S. The molecule has 2 bridgehead atoms. The predicted molar refractivity (Wildman–Crippen MR) is 97.8 cm³/mol. The van der Waals surface area contributed by atoms with E-state index >= 15 is 0 Å². The van der Waals surface area contributed by atoms with E-state index in [4.69, 9.17) is 9.47 Å². The number of benzene rings is 1. The van der Waals surface area contributed by atoms with Crippen molar-refractivity contribution in [1.82, 2.24) is 19.3 Å². The molecule has 3 heterocycles. The van der Waals surface area contributed by atoms with Crippen molar-refractivity contribution in [3.8, 4) is 5.75 Å². The number of fused-ring (bicyclic) bond motifs is 2. The van der Waals surface area contributed by atoms with Gasteiger partial charge in [-0.1, -0.05) is 11.3 Å². The zero-order valence-corrected chi connectivity index (χ0v) is 16.3. The van der Waals surface area contributed by atoms with E-state index in [0.29, 0.717) is 17.3 Å². The van der Waals surface area contributed by atoms with Gasteiger partial charge in [0.1, 0.15) is 11.4 Å². The van der Waals surface area contributed by atoms with Gasteiger partial charge in [0.05, 0.1) is 30.9 Å². The van der Waals surface area contributed by atoms with Gasteiger partial charge in [0.2, 0.25) is 10.0 Å². The third-order valence-corrected chi connectivity index (χ3v) is 7.48. The monoisotopic (exact) mass is 392 g/mol.